The second-order valence-corrected chi connectivity index (χ2v) is 8.75. The van der Waals surface area contributed by atoms with E-state index in [4.69, 9.17) is 0 Å². The van der Waals surface area contributed by atoms with Crippen molar-refractivity contribution in [3.63, 3.8) is 0 Å². The fourth-order valence-electron chi connectivity index (χ4n) is 3.05. The first-order valence-electron chi connectivity index (χ1n) is 9.15. The average Bonchev–Trinajstić information content (AvgIpc) is 3.24. The van der Waals surface area contributed by atoms with Crippen LogP contribution in [-0.2, 0) is 11.2 Å². The van der Waals surface area contributed by atoms with Gasteiger partial charge in [0.1, 0.15) is 22.0 Å². The van der Waals surface area contributed by atoms with Crippen LogP contribution in [-0.4, -0.2) is 38.1 Å². The molecule has 0 spiro atoms. The van der Waals surface area contributed by atoms with Gasteiger partial charge in [-0.25, -0.2) is 15.0 Å². The van der Waals surface area contributed by atoms with E-state index in [0.717, 1.165) is 44.9 Å². The Labute approximate surface area is 171 Å². The van der Waals surface area contributed by atoms with Crippen molar-refractivity contribution >= 4 is 50.3 Å². The van der Waals surface area contributed by atoms with Crippen LogP contribution >= 0.6 is 23.1 Å². The Morgan fingerprint density at radius 1 is 1.25 bits per heavy atom. The number of amides is 1. The van der Waals surface area contributed by atoms with Gasteiger partial charge in [-0.2, -0.15) is 0 Å². The molecule has 0 radical (unpaired) electrons. The van der Waals surface area contributed by atoms with E-state index in [0.29, 0.717) is 12.3 Å². The molecular formula is C20H21N5OS2. The summed E-state index contributed by atoms with van der Waals surface area (Å²) in [6, 6.07) is 7.99. The first kappa shape index (κ1) is 18.9. The van der Waals surface area contributed by atoms with E-state index >= 15 is 0 Å². The summed E-state index contributed by atoms with van der Waals surface area (Å²) in [5, 5.41) is 4.94. The largest absolute Gasteiger partial charge is 0.355 e. The van der Waals surface area contributed by atoms with E-state index in [1.165, 1.54) is 22.2 Å². The highest BCUT2D eigenvalue weighted by molar-refractivity contribution is 8.00. The number of para-hydroxylation sites is 2. The van der Waals surface area contributed by atoms with Crippen molar-refractivity contribution in [2.75, 3.05) is 12.3 Å². The number of carbonyl (C=O) groups is 1. The van der Waals surface area contributed by atoms with E-state index in [2.05, 4.69) is 39.1 Å². The van der Waals surface area contributed by atoms with Gasteiger partial charge >= 0.3 is 0 Å². The summed E-state index contributed by atoms with van der Waals surface area (Å²) in [6.45, 7) is 4.80. The van der Waals surface area contributed by atoms with Gasteiger partial charge in [0, 0.05) is 23.2 Å². The van der Waals surface area contributed by atoms with Crippen LogP contribution < -0.4 is 5.32 Å². The Morgan fingerprint density at radius 2 is 2.11 bits per heavy atom. The molecule has 1 amide bonds. The molecule has 0 saturated heterocycles. The Bertz CT molecular complexity index is 1100. The molecule has 0 bridgehead atoms. The fourth-order valence-corrected chi connectivity index (χ4v) is 5.00. The molecule has 0 atom stereocenters. The molecule has 6 nitrogen and oxygen atoms in total. The number of imidazole rings is 1. The van der Waals surface area contributed by atoms with Crippen LogP contribution in [0.15, 0.2) is 35.6 Å². The summed E-state index contributed by atoms with van der Waals surface area (Å²) in [6.07, 6.45) is 3.23. The third-order valence-corrected chi connectivity index (χ3v) is 6.73. The smallest absolute Gasteiger partial charge is 0.230 e. The number of hydrogen-bond acceptors (Lipinski definition) is 6. The number of aromatic amines is 1. The number of hydrogen-bond donors (Lipinski definition) is 2. The minimum absolute atomic E-state index is 0.0194. The van der Waals surface area contributed by atoms with Crippen molar-refractivity contribution in [2.45, 2.75) is 31.7 Å². The Hall–Kier alpha value is -2.45. The summed E-state index contributed by atoms with van der Waals surface area (Å²) < 4.78 is 0. The van der Waals surface area contributed by atoms with Crippen molar-refractivity contribution in [1.29, 1.82) is 0 Å². The third kappa shape index (κ3) is 4.02. The van der Waals surface area contributed by atoms with Crippen molar-refractivity contribution in [3.8, 4) is 0 Å². The normalized spacial score (nSPS) is 11.4. The molecule has 4 rings (SSSR count). The number of nitrogens with zero attached hydrogens (tertiary/aromatic N) is 3. The van der Waals surface area contributed by atoms with Gasteiger partial charge in [0.15, 0.2) is 0 Å². The number of thiophene rings is 1. The summed E-state index contributed by atoms with van der Waals surface area (Å²) in [5.74, 6) is 1.33. The van der Waals surface area contributed by atoms with Crippen molar-refractivity contribution in [2.24, 2.45) is 0 Å². The number of fused-ring (bicyclic) bond motifs is 2. The standard InChI is InChI=1S/C20H21N5OS2/c1-12-13(2)28-20-18(12)19(22-11-23-20)27-10-17(26)21-9-5-8-16-24-14-6-3-4-7-15(14)25-16/h3-4,6-7,11H,5,8-10H2,1-2H3,(H,21,26)(H,24,25). The lowest BCUT2D eigenvalue weighted by atomic mass is 10.2. The van der Waals surface area contributed by atoms with Crippen LogP contribution in [0.5, 0.6) is 0 Å². The lowest BCUT2D eigenvalue weighted by molar-refractivity contribution is -0.118. The maximum absolute atomic E-state index is 12.2. The number of aryl methyl sites for hydroxylation is 3. The SMILES string of the molecule is Cc1sc2ncnc(SCC(=O)NCCCc3nc4ccccc4[nH]3)c2c1C. The molecule has 28 heavy (non-hydrogen) atoms. The molecule has 0 saturated carbocycles. The number of thioether (sulfide) groups is 1. The van der Waals surface area contributed by atoms with Crippen molar-refractivity contribution in [3.05, 3.63) is 46.9 Å². The van der Waals surface area contributed by atoms with Crippen LogP contribution in [0.3, 0.4) is 0 Å². The third-order valence-electron chi connectivity index (χ3n) is 4.62. The van der Waals surface area contributed by atoms with Gasteiger partial charge in [0.2, 0.25) is 5.91 Å². The van der Waals surface area contributed by atoms with Gasteiger partial charge in [0.25, 0.3) is 0 Å². The van der Waals surface area contributed by atoms with Crippen molar-refractivity contribution in [1.82, 2.24) is 25.3 Å². The van der Waals surface area contributed by atoms with Crippen molar-refractivity contribution < 1.29 is 4.79 Å². The molecule has 144 valence electrons. The first-order chi connectivity index (χ1) is 13.6. The van der Waals surface area contributed by atoms with E-state index in [-0.39, 0.29) is 5.91 Å². The zero-order valence-corrected chi connectivity index (χ0v) is 17.4. The van der Waals surface area contributed by atoms with Gasteiger partial charge in [-0.3, -0.25) is 4.79 Å². The maximum atomic E-state index is 12.2. The van der Waals surface area contributed by atoms with Crippen LogP contribution in [0.4, 0.5) is 0 Å². The molecule has 8 heteroatoms. The highest BCUT2D eigenvalue weighted by Gasteiger charge is 2.13. The van der Waals surface area contributed by atoms with Gasteiger partial charge in [-0.15, -0.1) is 11.3 Å². The van der Waals surface area contributed by atoms with Gasteiger partial charge in [-0.1, -0.05) is 23.9 Å². The average molecular weight is 412 g/mol. The van der Waals surface area contributed by atoms with Crippen LogP contribution in [0.25, 0.3) is 21.3 Å². The quantitative estimate of drug-likeness (QED) is 0.273. The molecule has 0 fully saturated rings. The predicted octanol–water partition coefficient (Wildman–Crippen LogP) is 4.03. The summed E-state index contributed by atoms with van der Waals surface area (Å²) >= 11 is 3.14. The molecule has 0 aliphatic heterocycles. The number of rotatable bonds is 7. The van der Waals surface area contributed by atoms with Gasteiger partial charge < -0.3 is 10.3 Å². The highest BCUT2D eigenvalue weighted by Crippen LogP contribution is 2.34. The summed E-state index contributed by atoms with van der Waals surface area (Å²) in [7, 11) is 0. The van der Waals surface area contributed by atoms with E-state index in [9.17, 15) is 4.79 Å². The lowest BCUT2D eigenvalue weighted by Crippen LogP contribution is -2.26. The second-order valence-electron chi connectivity index (χ2n) is 6.59. The molecule has 4 aromatic rings. The summed E-state index contributed by atoms with van der Waals surface area (Å²) in [4.78, 5) is 31.0. The number of benzene rings is 1. The molecule has 0 unspecified atom stereocenters. The molecule has 1 aromatic carbocycles. The Balaban J connectivity index is 1.26. The molecule has 0 aliphatic carbocycles. The Kier molecular flexibility index (Phi) is 5.59. The minimum atomic E-state index is 0.0194. The molecule has 2 N–H and O–H groups in total. The van der Waals surface area contributed by atoms with E-state index < -0.39 is 0 Å². The van der Waals surface area contributed by atoms with Gasteiger partial charge in [0.05, 0.1) is 16.8 Å². The fraction of sp³-hybridized carbons (Fsp3) is 0.300. The molecule has 0 aliphatic rings. The number of H-pyrrole nitrogens is 1. The van der Waals surface area contributed by atoms with Gasteiger partial charge in [-0.05, 0) is 38.0 Å². The highest BCUT2D eigenvalue weighted by atomic mass is 32.2. The molecular weight excluding hydrogens is 390 g/mol. The minimum Gasteiger partial charge on any atom is -0.355 e. The number of nitrogens with one attached hydrogen (secondary N) is 2. The predicted molar refractivity (Wildman–Crippen MR) is 115 cm³/mol. The van der Waals surface area contributed by atoms with E-state index in [1.54, 1.807) is 17.7 Å². The summed E-state index contributed by atoms with van der Waals surface area (Å²) in [5.41, 5.74) is 3.23. The van der Waals surface area contributed by atoms with Crippen LogP contribution in [0.2, 0.25) is 0 Å². The maximum Gasteiger partial charge on any atom is 0.230 e. The first-order valence-corrected chi connectivity index (χ1v) is 11.0. The molecule has 3 heterocycles. The van der Waals surface area contributed by atoms with E-state index in [1.807, 2.05) is 24.3 Å². The zero-order valence-electron chi connectivity index (χ0n) is 15.8. The topological polar surface area (TPSA) is 83.6 Å². The molecule has 3 aromatic heterocycles. The number of aromatic nitrogens is 4. The number of carbonyl (C=O) groups excluding carboxylic acids is 1. The van der Waals surface area contributed by atoms with Crippen LogP contribution in [0, 0.1) is 13.8 Å². The monoisotopic (exact) mass is 411 g/mol. The Morgan fingerprint density at radius 3 is 2.96 bits per heavy atom. The zero-order chi connectivity index (χ0) is 19.5. The van der Waals surface area contributed by atoms with Crippen LogP contribution in [0.1, 0.15) is 22.7 Å². The second kappa shape index (κ2) is 8.28. The lowest BCUT2D eigenvalue weighted by Gasteiger charge is -2.05.